The van der Waals surface area contributed by atoms with E-state index in [-0.39, 0.29) is 30.2 Å². The van der Waals surface area contributed by atoms with E-state index in [1.807, 2.05) is 3.28 Å². The molecule has 0 N–H and O–H groups in total. The Bertz CT molecular complexity index is 1160. The molecule has 0 nitrogen and oxygen atoms in total. The predicted octanol–water partition coefficient (Wildman–Crippen LogP) is 8.76. The number of hydrogen-bond donors (Lipinski definition) is 0. The molecule has 0 heterocycles. The van der Waals surface area contributed by atoms with Gasteiger partial charge in [-0.05, 0) is 0 Å². The normalized spacial score (nSPS) is 19.3. The first-order valence-corrected chi connectivity index (χ1v) is 20.0. The zero-order valence-corrected chi connectivity index (χ0v) is 25.7. The first-order valence-electron chi connectivity index (χ1n) is 11.2. The van der Waals surface area contributed by atoms with Gasteiger partial charge in [-0.2, -0.15) is 0 Å². The van der Waals surface area contributed by atoms with Gasteiger partial charge in [0.2, 0.25) is 0 Å². The molecule has 0 aliphatic heterocycles. The topological polar surface area (TPSA) is 0 Å². The van der Waals surface area contributed by atoms with Crippen LogP contribution in [0.15, 0.2) is 68.5 Å². The molecule has 4 rings (SSSR count). The van der Waals surface area contributed by atoms with E-state index in [1.165, 1.54) is 27.8 Å². The summed E-state index contributed by atoms with van der Waals surface area (Å²) < 4.78 is 2.58. The Morgan fingerprint density at radius 2 is 1.41 bits per heavy atom. The second-order valence-electron chi connectivity index (χ2n) is 9.50. The van der Waals surface area contributed by atoms with Crippen molar-refractivity contribution in [1.82, 2.24) is 0 Å². The first-order chi connectivity index (χ1) is 14.2. The largest absolute Gasteiger partial charge is 0.147 e. The Kier molecular flexibility index (Phi) is 9.25. The molecular weight excluding hydrogens is 527 g/mol. The minimum Gasteiger partial charge on any atom is -0.147 e. The molecule has 2 aliphatic rings. The van der Waals surface area contributed by atoms with E-state index < -0.39 is 20.4 Å². The average Bonchev–Trinajstić information content (AvgIpc) is 3.15. The SMILES string of the molecule is CC1=C(C)C(C)[C]([Zr]([CH]2C=C(c3cc(C)cc(C)c3)c3ccccc32)=[Si](C)C)=C1C.Cl.Cl. The maximum Gasteiger partial charge on any atom is -0.147 e. The van der Waals surface area contributed by atoms with Gasteiger partial charge < -0.3 is 0 Å². The Morgan fingerprint density at radius 3 is 1.94 bits per heavy atom. The molecular formula is C28H36Cl2SiZr. The number of halogens is 2. The van der Waals surface area contributed by atoms with Crippen LogP contribution in [0.5, 0.6) is 0 Å². The van der Waals surface area contributed by atoms with Gasteiger partial charge in [-0.1, -0.05) is 0 Å². The van der Waals surface area contributed by atoms with Crippen molar-refractivity contribution in [3.8, 4) is 0 Å². The Morgan fingerprint density at radius 1 is 0.812 bits per heavy atom. The zero-order chi connectivity index (χ0) is 21.7. The van der Waals surface area contributed by atoms with Crippen molar-refractivity contribution in [2.24, 2.45) is 5.92 Å². The van der Waals surface area contributed by atoms with Crippen molar-refractivity contribution in [1.29, 1.82) is 0 Å². The fourth-order valence-electron chi connectivity index (χ4n) is 5.53. The molecule has 2 aliphatic carbocycles. The molecule has 2 aromatic rings. The third-order valence-electron chi connectivity index (χ3n) is 7.23. The fourth-order valence-corrected chi connectivity index (χ4v) is 25.2. The van der Waals surface area contributed by atoms with Gasteiger partial charge in [0.15, 0.2) is 0 Å². The van der Waals surface area contributed by atoms with Gasteiger partial charge in [0.1, 0.15) is 0 Å². The van der Waals surface area contributed by atoms with Crippen LogP contribution in [-0.4, -0.2) is 5.43 Å². The van der Waals surface area contributed by atoms with Gasteiger partial charge in [0, 0.05) is 0 Å². The monoisotopic (exact) mass is 560 g/mol. The van der Waals surface area contributed by atoms with Crippen LogP contribution >= 0.6 is 24.8 Å². The Labute approximate surface area is 215 Å². The van der Waals surface area contributed by atoms with E-state index in [0.717, 1.165) is 0 Å². The number of benzene rings is 2. The fraction of sp³-hybridized carbons (Fsp3) is 0.357. The number of aryl methyl sites for hydroxylation is 2. The molecule has 4 heteroatoms. The van der Waals surface area contributed by atoms with E-state index in [9.17, 15) is 0 Å². The molecule has 2 aromatic carbocycles. The maximum atomic E-state index is 2.70. The molecule has 170 valence electrons. The Balaban J connectivity index is 0.00000181. The summed E-state index contributed by atoms with van der Waals surface area (Å²) in [7, 11) is 0. The second kappa shape index (κ2) is 10.7. The molecule has 0 fully saturated rings. The molecule has 32 heavy (non-hydrogen) atoms. The minimum absolute atomic E-state index is 0. The van der Waals surface area contributed by atoms with Crippen molar-refractivity contribution in [3.05, 3.63) is 96.4 Å². The van der Waals surface area contributed by atoms with E-state index in [1.54, 1.807) is 22.3 Å². The van der Waals surface area contributed by atoms with Gasteiger partial charge in [0.25, 0.3) is 0 Å². The maximum absolute atomic E-state index is 2.70. The average molecular weight is 563 g/mol. The molecule has 0 saturated carbocycles. The van der Waals surface area contributed by atoms with Crippen molar-refractivity contribution in [2.75, 3.05) is 0 Å². The van der Waals surface area contributed by atoms with Crippen molar-refractivity contribution >= 4 is 35.8 Å². The van der Waals surface area contributed by atoms with Gasteiger partial charge in [-0.3, -0.25) is 0 Å². The molecule has 0 saturated heterocycles. The number of hydrogen-bond acceptors (Lipinski definition) is 0. The van der Waals surface area contributed by atoms with Crippen LogP contribution in [0.3, 0.4) is 0 Å². The first kappa shape index (κ1) is 27.6. The molecule has 0 radical (unpaired) electrons. The third kappa shape index (κ3) is 4.76. The smallest absolute Gasteiger partial charge is 0.147 e. The zero-order valence-electron chi connectivity index (χ0n) is 20.6. The van der Waals surface area contributed by atoms with Crippen LogP contribution in [-0.2, 0) is 20.4 Å². The van der Waals surface area contributed by atoms with Gasteiger partial charge in [0.05, 0.1) is 0 Å². The molecule has 2 unspecified atom stereocenters. The number of rotatable bonds is 3. The van der Waals surface area contributed by atoms with Crippen LogP contribution in [0, 0.1) is 19.8 Å². The van der Waals surface area contributed by atoms with Crippen LogP contribution in [0.2, 0.25) is 13.1 Å². The summed E-state index contributed by atoms with van der Waals surface area (Å²) in [6.07, 6.45) is 2.70. The second-order valence-corrected chi connectivity index (χ2v) is 27.0. The van der Waals surface area contributed by atoms with E-state index in [2.05, 4.69) is 103 Å². The summed E-state index contributed by atoms with van der Waals surface area (Å²) in [6.45, 7) is 19.3. The molecule has 0 spiro atoms. The van der Waals surface area contributed by atoms with Crippen LogP contribution in [0.1, 0.15) is 59.1 Å². The van der Waals surface area contributed by atoms with Crippen LogP contribution in [0.4, 0.5) is 0 Å². The molecule has 0 aromatic heterocycles. The Hall–Kier alpha value is -0.660. The number of allylic oxidation sites excluding steroid dienone is 5. The van der Waals surface area contributed by atoms with E-state index in [0.29, 0.717) is 9.54 Å². The standard InChI is InChI=1S/C17H15.C9H13.C2H6Si.2ClH.Zr/c1-12-9-13(2)11-15(10-12)17-8-7-14-5-3-4-6-16(14)17;1-6-5-7(2)9(4)8(6)3;1-3-2;;;/h3-11H,1-2H3;6H,1-4H3;1-2H3;2*1H;. The molecule has 0 amide bonds. The summed E-state index contributed by atoms with van der Waals surface area (Å²) >= 11 is -1.91. The number of fused-ring (bicyclic) bond motifs is 1. The van der Waals surface area contributed by atoms with Crippen LogP contribution < -0.4 is 0 Å². The van der Waals surface area contributed by atoms with Gasteiger partial charge in [-0.15, -0.1) is 24.8 Å². The van der Waals surface area contributed by atoms with E-state index in [4.69, 9.17) is 0 Å². The van der Waals surface area contributed by atoms with Gasteiger partial charge in [-0.25, -0.2) is 0 Å². The minimum atomic E-state index is -1.91. The summed E-state index contributed by atoms with van der Waals surface area (Å²) in [5, 5.41) is 0. The van der Waals surface area contributed by atoms with Crippen molar-refractivity contribution in [2.45, 2.75) is 58.3 Å². The van der Waals surface area contributed by atoms with E-state index >= 15 is 0 Å². The van der Waals surface area contributed by atoms with Crippen LogP contribution in [0.25, 0.3) is 5.57 Å². The summed E-state index contributed by atoms with van der Waals surface area (Å²) in [5.74, 6) is 0.658. The van der Waals surface area contributed by atoms with Crippen molar-refractivity contribution < 1.29 is 20.4 Å². The summed E-state index contributed by atoms with van der Waals surface area (Å²) in [6, 6.07) is 16.3. The molecule has 0 bridgehead atoms. The van der Waals surface area contributed by atoms with Crippen molar-refractivity contribution in [3.63, 3.8) is 0 Å². The summed E-state index contributed by atoms with van der Waals surface area (Å²) in [4.78, 5) is 0. The van der Waals surface area contributed by atoms with Gasteiger partial charge >= 0.3 is 192 Å². The third-order valence-corrected chi connectivity index (χ3v) is 25.8. The quantitative estimate of drug-likeness (QED) is 0.328. The molecule has 2 atom stereocenters. The predicted molar refractivity (Wildman–Crippen MR) is 144 cm³/mol. The summed E-state index contributed by atoms with van der Waals surface area (Å²) in [5.41, 5.74) is 13.2.